The first-order valence-corrected chi connectivity index (χ1v) is 9.79. The average molecular weight is 378 g/mol. The van der Waals surface area contributed by atoms with Crippen molar-refractivity contribution in [3.63, 3.8) is 0 Å². The first-order valence-electron chi connectivity index (χ1n) is 9.79. The van der Waals surface area contributed by atoms with E-state index >= 15 is 0 Å². The minimum absolute atomic E-state index is 0.0830. The number of hydrogen-bond donors (Lipinski definition) is 2. The highest BCUT2D eigenvalue weighted by atomic mass is 16.5. The van der Waals surface area contributed by atoms with Gasteiger partial charge in [0.1, 0.15) is 18.0 Å². The number of carbonyl (C=O) groups is 1. The van der Waals surface area contributed by atoms with Gasteiger partial charge in [0.25, 0.3) is 5.91 Å². The van der Waals surface area contributed by atoms with Gasteiger partial charge in [-0.2, -0.15) is 0 Å². The lowest BCUT2D eigenvalue weighted by atomic mass is 10.00. The van der Waals surface area contributed by atoms with Crippen LogP contribution in [0.1, 0.15) is 41.4 Å². The molecule has 2 unspecified atom stereocenters. The molecule has 0 bridgehead atoms. The summed E-state index contributed by atoms with van der Waals surface area (Å²) in [5.41, 5.74) is 3.45. The van der Waals surface area contributed by atoms with E-state index in [1.165, 1.54) is 5.56 Å². The molecule has 2 aromatic heterocycles. The third-order valence-electron chi connectivity index (χ3n) is 5.11. The standard InChI is InChI=1S/C22H26N4O2/c1-15-7-8-21-24-18(13-26(21)12-15)14-28-20-6-4-3-5-19(20)22(27)25-17-9-10-23-16(2)11-17/h3-8,12-13,16-17,23H,9-11,14H2,1-2H3,(H,25,27). The number of aryl methyl sites for hydroxylation is 1. The molecule has 1 fully saturated rings. The second kappa shape index (κ2) is 8.02. The summed E-state index contributed by atoms with van der Waals surface area (Å²) in [4.78, 5) is 17.4. The Morgan fingerprint density at radius 1 is 1.29 bits per heavy atom. The Balaban J connectivity index is 1.45. The largest absolute Gasteiger partial charge is 0.486 e. The number of para-hydroxylation sites is 1. The first kappa shape index (κ1) is 18.5. The van der Waals surface area contributed by atoms with Crippen LogP contribution in [0, 0.1) is 6.92 Å². The fraction of sp³-hybridized carbons (Fsp3) is 0.364. The maximum Gasteiger partial charge on any atom is 0.255 e. The second-order valence-electron chi connectivity index (χ2n) is 7.54. The lowest BCUT2D eigenvalue weighted by Crippen LogP contribution is -2.46. The third-order valence-corrected chi connectivity index (χ3v) is 5.11. The van der Waals surface area contributed by atoms with Gasteiger partial charge in [-0.3, -0.25) is 4.79 Å². The Bertz CT molecular complexity index is 982. The molecule has 0 spiro atoms. The molecule has 3 heterocycles. The number of pyridine rings is 1. The maximum atomic E-state index is 12.8. The molecule has 1 aliphatic rings. The van der Waals surface area contributed by atoms with E-state index in [2.05, 4.69) is 22.5 Å². The number of amides is 1. The first-order chi connectivity index (χ1) is 13.6. The Kier molecular flexibility index (Phi) is 5.30. The molecule has 2 N–H and O–H groups in total. The summed E-state index contributed by atoms with van der Waals surface area (Å²) in [6.45, 7) is 5.44. The molecule has 1 saturated heterocycles. The van der Waals surface area contributed by atoms with Gasteiger partial charge in [-0.05, 0) is 57.0 Å². The lowest BCUT2D eigenvalue weighted by molar-refractivity contribution is 0.0921. The number of piperidine rings is 1. The van der Waals surface area contributed by atoms with Crippen LogP contribution in [-0.4, -0.2) is 33.9 Å². The summed E-state index contributed by atoms with van der Waals surface area (Å²) in [6.07, 6.45) is 5.88. The number of ether oxygens (including phenoxy) is 1. The Hall–Kier alpha value is -2.86. The fourth-order valence-corrected chi connectivity index (χ4v) is 3.68. The van der Waals surface area contributed by atoms with E-state index in [1.807, 2.05) is 60.1 Å². The molecule has 1 amide bonds. The highest BCUT2D eigenvalue weighted by Crippen LogP contribution is 2.20. The number of nitrogens with zero attached hydrogens (tertiary/aromatic N) is 2. The molecule has 1 aromatic carbocycles. The van der Waals surface area contributed by atoms with Crippen molar-refractivity contribution in [3.05, 3.63) is 65.6 Å². The number of aromatic nitrogens is 2. The zero-order valence-corrected chi connectivity index (χ0v) is 16.3. The summed E-state index contributed by atoms with van der Waals surface area (Å²) >= 11 is 0. The van der Waals surface area contributed by atoms with Crippen molar-refractivity contribution in [2.75, 3.05) is 6.54 Å². The van der Waals surface area contributed by atoms with E-state index < -0.39 is 0 Å². The van der Waals surface area contributed by atoms with Crippen LogP contribution in [0.15, 0.2) is 48.8 Å². The van der Waals surface area contributed by atoms with Crippen LogP contribution in [0.2, 0.25) is 0 Å². The molecule has 28 heavy (non-hydrogen) atoms. The SMILES string of the molecule is Cc1ccc2nc(COc3ccccc3C(=O)NC3CCNC(C)C3)cn2c1. The van der Waals surface area contributed by atoms with E-state index in [0.29, 0.717) is 24.0 Å². The van der Waals surface area contributed by atoms with Crippen molar-refractivity contribution in [3.8, 4) is 5.75 Å². The minimum atomic E-state index is -0.0830. The Morgan fingerprint density at radius 3 is 3.00 bits per heavy atom. The van der Waals surface area contributed by atoms with Gasteiger partial charge in [0.2, 0.25) is 0 Å². The van der Waals surface area contributed by atoms with Crippen LogP contribution in [0.5, 0.6) is 5.75 Å². The molecule has 146 valence electrons. The topological polar surface area (TPSA) is 67.7 Å². The normalized spacial score (nSPS) is 19.5. The molecule has 6 nitrogen and oxygen atoms in total. The summed E-state index contributed by atoms with van der Waals surface area (Å²) in [7, 11) is 0. The minimum Gasteiger partial charge on any atom is -0.486 e. The van der Waals surface area contributed by atoms with Crippen LogP contribution >= 0.6 is 0 Å². The molecule has 0 aliphatic carbocycles. The second-order valence-corrected chi connectivity index (χ2v) is 7.54. The average Bonchev–Trinajstić information content (AvgIpc) is 3.08. The van der Waals surface area contributed by atoms with Gasteiger partial charge in [0.15, 0.2) is 0 Å². The summed E-state index contributed by atoms with van der Waals surface area (Å²) in [5.74, 6) is 0.496. The van der Waals surface area contributed by atoms with Crippen molar-refractivity contribution < 1.29 is 9.53 Å². The predicted octanol–water partition coefficient (Wildman–Crippen LogP) is 3.09. The number of benzene rings is 1. The number of carbonyl (C=O) groups excluding carboxylic acids is 1. The molecule has 1 aliphatic heterocycles. The quantitative estimate of drug-likeness (QED) is 0.716. The molecule has 0 radical (unpaired) electrons. The van der Waals surface area contributed by atoms with E-state index in [9.17, 15) is 4.79 Å². The van der Waals surface area contributed by atoms with E-state index in [4.69, 9.17) is 4.74 Å². The number of imidazole rings is 1. The van der Waals surface area contributed by atoms with Crippen LogP contribution in [0.25, 0.3) is 5.65 Å². The van der Waals surface area contributed by atoms with Crippen molar-refractivity contribution >= 4 is 11.6 Å². The molecule has 6 heteroatoms. The number of hydrogen-bond acceptors (Lipinski definition) is 4. The van der Waals surface area contributed by atoms with E-state index in [0.717, 1.165) is 30.7 Å². The van der Waals surface area contributed by atoms with Crippen molar-refractivity contribution in [1.29, 1.82) is 0 Å². The highest BCUT2D eigenvalue weighted by molar-refractivity contribution is 5.97. The predicted molar refractivity (Wildman–Crippen MR) is 109 cm³/mol. The fourth-order valence-electron chi connectivity index (χ4n) is 3.68. The number of nitrogens with one attached hydrogen (secondary N) is 2. The van der Waals surface area contributed by atoms with Gasteiger partial charge in [-0.25, -0.2) is 4.98 Å². The molecular formula is C22H26N4O2. The van der Waals surface area contributed by atoms with Crippen LogP contribution < -0.4 is 15.4 Å². The smallest absolute Gasteiger partial charge is 0.255 e. The monoisotopic (exact) mass is 378 g/mol. The zero-order valence-electron chi connectivity index (χ0n) is 16.3. The Morgan fingerprint density at radius 2 is 2.14 bits per heavy atom. The summed E-state index contributed by atoms with van der Waals surface area (Å²) in [5, 5.41) is 6.56. The van der Waals surface area contributed by atoms with Crippen LogP contribution in [-0.2, 0) is 6.61 Å². The van der Waals surface area contributed by atoms with Gasteiger partial charge < -0.3 is 19.8 Å². The van der Waals surface area contributed by atoms with Gasteiger partial charge >= 0.3 is 0 Å². The number of rotatable bonds is 5. The van der Waals surface area contributed by atoms with Crippen LogP contribution in [0.3, 0.4) is 0 Å². The molecule has 2 atom stereocenters. The van der Waals surface area contributed by atoms with Crippen LogP contribution in [0.4, 0.5) is 0 Å². The maximum absolute atomic E-state index is 12.8. The van der Waals surface area contributed by atoms with Gasteiger partial charge in [0.05, 0.1) is 11.3 Å². The highest BCUT2D eigenvalue weighted by Gasteiger charge is 2.22. The van der Waals surface area contributed by atoms with E-state index in [-0.39, 0.29) is 11.9 Å². The van der Waals surface area contributed by atoms with Crippen molar-refractivity contribution in [2.45, 2.75) is 45.4 Å². The van der Waals surface area contributed by atoms with Gasteiger partial charge in [-0.1, -0.05) is 18.2 Å². The third kappa shape index (κ3) is 4.17. The Labute approximate surface area is 164 Å². The van der Waals surface area contributed by atoms with Gasteiger partial charge in [0, 0.05) is 24.5 Å². The molecule has 4 rings (SSSR count). The number of fused-ring (bicyclic) bond motifs is 1. The van der Waals surface area contributed by atoms with Gasteiger partial charge in [-0.15, -0.1) is 0 Å². The van der Waals surface area contributed by atoms with E-state index in [1.54, 1.807) is 0 Å². The summed E-state index contributed by atoms with van der Waals surface area (Å²) < 4.78 is 7.96. The van der Waals surface area contributed by atoms with Crippen molar-refractivity contribution in [2.24, 2.45) is 0 Å². The van der Waals surface area contributed by atoms with Crippen molar-refractivity contribution in [1.82, 2.24) is 20.0 Å². The zero-order chi connectivity index (χ0) is 19.5. The molecule has 0 saturated carbocycles. The summed E-state index contributed by atoms with van der Waals surface area (Å²) in [6, 6.07) is 12.0. The lowest BCUT2D eigenvalue weighted by Gasteiger charge is -2.28. The molecule has 3 aromatic rings. The molecular weight excluding hydrogens is 352 g/mol.